The molecule has 3 aromatic rings. The molecule has 0 radical (unpaired) electrons. The molecule has 0 aliphatic carbocycles. The molecule has 5 heteroatoms. The summed E-state index contributed by atoms with van der Waals surface area (Å²) < 4.78 is 6.65. The summed E-state index contributed by atoms with van der Waals surface area (Å²) in [4.78, 5) is 3.59. The number of rotatable bonds is 6. The number of methoxy groups -OCH3 is 1. The number of para-hydroxylation sites is 1. The second kappa shape index (κ2) is 7.81. The molecular formula is C20H22BrClN2O. The molecule has 0 atom stereocenters. The molecule has 3 nitrogen and oxygen atoms in total. The number of aromatic nitrogens is 1. The summed E-state index contributed by atoms with van der Waals surface area (Å²) in [6.07, 6.45) is 2.98. The van der Waals surface area contributed by atoms with E-state index in [1.165, 1.54) is 5.56 Å². The van der Waals surface area contributed by atoms with Crippen molar-refractivity contribution in [3.05, 3.63) is 51.0 Å². The maximum absolute atomic E-state index is 6.31. The van der Waals surface area contributed by atoms with E-state index in [1.807, 2.05) is 12.1 Å². The molecule has 2 aromatic carbocycles. The quantitative estimate of drug-likeness (QED) is 0.490. The van der Waals surface area contributed by atoms with Crippen molar-refractivity contribution in [1.29, 1.82) is 0 Å². The van der Waals surface area contributed by atoms with E-state index < -0.39 is 0 Å². The molecule has 1 heterocycles. The zero-order valence-electron chi connectivity index (χ0n) is 14.5. The van der Waals surface area contributed by atoms with Gasteiger partial charge in [0.15, 0.2) is 0 Å². The Balaban J connectivity index is 2.25. The molecule has 0 spiro atoms. The third-order valence-corrected chi connectivity index (χ3v) is 5.34. The molecular weight excluding hydrogens is 400 g/mol. The topological polar surface area (TPSA) is 51.0 Å². The lowest BCUT2D eigenvalue weighted by Crippen LogP contribution is -1.99. The second-order valence-corrected chi connectivity index (χ2v) is 7.48. The number of benzene rings is 2. The van der Waals surface area contributed by atoms with Crippen LogP contribution in [0.4, 0.5) is 0 Å². The fourth-order valence-electron chi connectivity index (χ4n) is 3.33. The van der Waals surface area contributed by atoms with Crippen molar-refractivity contribution in [3.63, 3.8) is 0 Å². The molecule has 3 N–H and O–H groups in total. The van der Waals surface area contributed by atoms with Gasteiger partial charge in [-0.15, -0.1) is 0 Å². The van der Waals surface area contributed by atoms with Crippen LogP contribution in [-0.4, -0.2) is 18.6 Å². The highest BCUT2D eigenvalue weighted by molar-refractivity contribution is 9.10. The fourth-order valence-corrected chi connectivity index (χ4v) is 4.24. The lowest BCUT2D eigenvalue weighted by atomic mass is 9.98. The molecule has 0 fully saturated rings. The number of fused-ring (bicyclic) bond motifs is 1. The standard InChI is InChI=1S/C20H22BrClN2O/c1-12-6-5-8-15(20(12)25-2)18-14(7-3-4-9-23)16-10-13(22)11-17(21)19(16)24-18/h5-6,8,10-11,24H,3-4,7,9,23H2,1-2H3. The Kier molecular flexibility index (Phi) is 5.72. The highest BCUT2D eigenvalue weighted by atomic mass is 79.9. The van der Waals surface area contributed by atoms with Gasteiger partial charge in [0.1, 0.15) is 5.75 Å². The average molecular weight is 422 g/mol. The maximum Gasteiger partial charge on any atom is 0.131 e. The number of aryl methyl sites for hydroxylation is 2. The average Bonchev–Trinajstić information content (AvgIpc) is 2.94. The van der Waals surface area contributed by atoms with E-state index in [-0.39, 0.29) is 0 Å². The largest absolute Gasteiger partial charge is 0.496 e. The van der Waals surface area contributed by atoms with Crippen molar-refractivity contribution in [2.75, 3.05) is 13.7 Å². The van der Waals surface area contributed by atoms with Gasteiger partial charge >= 0.3 is 0 Å². The van der Waals surface area contributed by atoms with Crippen LogP contribution in [0.2, 0.25) is 5.02 Å². The highest BCUT2D eigenvalue weighted by Crippen LogP contribution is 2.40. The third kappa shape index (κ3) is 3.57. The van der Waals surface area contributed by atoms with Crippen molar-refractivity contribution < 1.29 is 4.74 Å². The molecule has 0 aliphatic heterocycles. The first-order valence-corrected chi connectivity index (χ1v) is 9.57. The van der Waals surface area contributed by atoms with E-state index in [4.69, 9.17) is 22.1 Å². The Morgan fingerprint density at radius 1 is 1.24 bits per heavy atom. The fraction of sp³-hybridized carbons (Fsp3) is 0.300. The van der Waals surface area contributed by atoms with Gasteiger partial charge < -0.3 is 15.5 Å². The van der Waals surface area contributed by atoms with E-state index in [9.17, 15) is 0 Å². The summed E-state index contributed by atoms with van der Waals surface area (Å²) in [6.45, 7) is 2.77. The first-order valence-electron chi connectivity index (χ1n) is 8.40. The number of H-pyrrole nitrogens is 1. The van der Waals surface area contributed by atoms with Crippen molar-refractivity contribution >= 4 is 38.4 Å². The molecule has 0 unspecified atom stereocenters. The smallest absolute Gasteiger partial charge is 0.131 e. The normalized spacial score (nSPS) is 11.2. The summed E-state index contributed by atoms with van der Waals surface area (Å²) in [5, 5.41) is 1.87. The first-order chi connectivity index (χ1) is 12.1. The van der Waals surface area contributed by atoms with Crippen LogP contribution in [0.1, 0.15) is 24.0 Å². The number of hydrogen-bond donors (Lipinski definition) is 2. The molecule has 132 valence electrons. The zero-order valence-corrected chi connectivity index (χ0v) is 16.8. The van der Waals surface area contributed by atoms with Gasteiger partial charge in [-0.05, 0) is 78.0 Å². The molecule has 25 heavy (non-hydrogen) atoms. The molecule has 1 aromatic heterocycles. The lowest BCUT2D eigenvalue weighted by Gasteiger charge is -2.12. The van der Waals surface area contributed by atoms with Crippen LogP contribution in [0, 0.1) is 6.92 Å². The van der Waals surface area contributed by atoms with Gasteiger partial charge in [0.05, 0.1) is 18.3 Å². The Morgan fingerprint density at radius 2 is 2.04 bits per heavy atom. The Bertz CT molecular complexity index is 904. The number of ether oxygens (including phenoxy) is 1. The SMILES string of the molecule is COc1c(C)cccc1-c1[nH]c2c(Br)cc(Cl)cc2c1CCCCN. The van der Waals surface area contributed by atoms with Gasteiger partial charge in [-0.25, -0.2) is 0 Å². The van der Waals surface area contributed by atoms with Crippen LogP contribution < -0.4 is 10.5 Å². The van der Waals surface area contributed by atoms with E-state index in [0.29, 0.717) is 6.54 Å². The summed E-state index contributed by atoms with van der Waals surface area (Å²) in [5.41, 5.74) is 11.3. The Hall–Kier alpha value is -1.49. The van der Waals surface area contributed by atoms with E-state index in [1.54, 1.807) is 7.11 Å². The lowest BCUT2D eigenvalue weighted by molar-refractivity contribution is 0.413. The van der Waals surface area contributed by atoms with E-state index in [2.05, 4.69) is 46.0 Å². The molecule has 3 rings (SSSR count). The van der Waals surface area contributed by atoms with E-state index >= 15 is 0 Å². The number of halogens is 2. The molecule has 0 aliphatic rings. The number of nitrogens with one attached hydrogen (secondary N) is 1. The van der Waals surface area contributed by atoms with Crippen molar-refractivity contribution in [1.82, 2.24) is 4.98 Å². The summed E-state index contributed by atoms with van der Waals surface area (Å²) >= 11 is 9.94. The van der Waals surface area contributed by atoms with Gasteiger partial charge in [0, 0.05) is 20.4 Å². The number of aromatic amines is 1. The van der Waals surface area contributed by atoms with Gasteiger partial charge in [0.2, 0.25) is 0 Å². The first kappa shape index (κ1) is 18.3. The summed E-state index contributed by atoms with van der Waals surface area (Å²) in [5.74, 6) is 0.899. The van der Waals surface area contributed by atoms with Crippen molar-refractivity contribution in [2.24, 2.45) is 5.73 Å². The van der Waals surface area contributed by atoms with Gasteiger partial charge in [-0.3, -0.25) is 0 Å². The summed E-state index contributed by atoms with van der Waals surface area (Å²) in [7, 11) is 1.72. The number of nitrogens with two attached hydrogens (primary N) is 1. The second-order valence-electron chi connectivity index (χ2n) is 6.19. The Morgan fingerprint density at radius 3 is 2.76 bits per heavy atom. The van der Waals surface area contributed by atoms with Gasteiger partial charge in [-0.1, -0.05) is 23.7 Å². The van der Waals surface area contributed by atoms with Crippen LogP contribution in [0.25, 0.3) is 22.2 Å². The number of hydrogen-bond acceptors (Lipinski definition) is 2. The maximum atomic E-state index is 6.31. The van der Waals surface area contributed by atoms with Crippen LogP contribution in [0.5, 0.6) is 5.75 Å². The minimum atomic E-state index is 0.704. The number of unbranched alkanes of at least 4 members (excludes halogenated alkanes) is 1. The van der Waals surface area contributed by atoms with E-state index in [0.717, 1.165) is 62.2 Å². The van der Waals surface area contributed by atoms with Crippen molar-refractivity contribution in [2.45, 2.75) is 26.2 Å². The molecule has 0 amide bonds. The van der Waals surface area contributed by atoms with Crippen LogP contribution in [0.15, 0.2) is 34.8 Å². The Labute approximate surface area is 161 Å². The van der Waals surface area contributed by atoms with Crippen LogP contribution >= 0.6 is 27.5 Å². The monoisotopic (exact) mass is 420 g/mol. The van der Waals surface area contributed by atoms with Crippen LogP contribution in [0.3, 0.4) is 0 Å². The molecule has 0 bridgehead atoms. The predicted molar refractivity (Wildman–Crippen MR) is 110 cm³/mol. The summed E-state index contributed by atoms with van der Waals surface area (Å²) in [6, 6.07) is 10.2. The third-order valence-electron chi connectivity index (χ3n) is 4.50. The van der Waals surface area contributed by atoms with Crippen molar-refractivity contribution in [3.8, 4) is 17.0 Å². The molecule has 0 saturated carbocycles. The minimum absolute atomic E-state index is 0.704. The van der Waals surface area contributed by atoms with Gasteiger partial charge in [0.25, 0.3) is 0 Å². The van der Waals surface area contributed by atoms with Crippen LogP contribution in [-0.2, 0) is 6.42 Å². The predicted octanol–water partition coefficient (Wildman–Crippen LogP) is 5.85. The molecule has 0 saturated heterocycles. The minimum Gasteiger partial charge on any atom is -0.496 e. The van der Waals surface area contributed by atoms with Gasteiger partial charge in [-0.2, -0.15) is 0 Å². The highest BCUT2D eigenvalue weighted by Gasteiger charge is 2.19. The zero-order chi connectivity index (χ0) is 18.0.